The maximum atomic E-state index is 14.7. The zero-order valence-electron chi connectivity index (χ0n) is 18.5. The van der Waals surface area contributed by atoms with Gasteiger partial charge in [-0.1, -0.05) is 24.3 Å². The third kappa shape index (κ3) is 4.75. The molecule has 0 N–H and O–H groups in total. The molecule has 1 amide bonds. The summed E-state index contributed by atoms with van der Waals surface area (Å²) >= 11 is 0. The van der Waals surface area contributed by atoms with Crippen molar-refractivity contribution in [3.8, 4) is 5.75 Å². The third-order valence-corrected chi connectivity index (χ3v) is 7.65. The fraction of sp³-hybridized carbons (Fsp3) is 0.240. The zero-order chi connectivity index (χ0) is 24.3. The summed E-state index contributed by atoms with van der Waals surface area (Å²) in [5, 5.41) is 0. The Morgan fingerprint density at radius 2 is 1.71 bits per heavy atom. The number of hydrogen-bond donors (Lipinski definition) is 0. The molecule has 0 radical (unpaired) electrons. The van der Waals surface area contributed by atoms with Gasteiger partial charge in [-0.15, -0.1) is 0 Å². The Kier molecular flexibility index (Phi) is 6.83. The molecule has 0 bridgehead atoms. The highest BCUT2D eigenvalue weighted by molar-refractivity contribution is 7.92. The van der Waals surface area contributed by atoms with Crippen LogP contribution < -0.4 is 9.04 Å². The van der Waals surface area contributed by atoms with Gasteiger partial charge in [-0.2, -0.15) is 0 Å². The molecule has 0 aliphatic carbocycles. The number of carbonyl (C=O) groups excluding carboxylic acids is 1. The van der Waals surface area contributed by atoms with Crippen molar-refractivity contribution in [3.63, 3.8) is 0 Å². The van der Waals surface area contributed by atoms with Crippen LogP contribution in [0.2, 0.25) is 0 Å². The van der Waals surface area contributed by atoms with Crippen LogP contribution in [0.15, 0.2) is 77.7 Å². The molecular formula is C25H24F2N2O4S. The molecule has 9 heteroatoms. The molecule has 0 aromatic heterocycles. The molecule has 1 aliphatic heterocycles. The third-order valence-electron chi connectivity index (χ3n) is 5.88. The van der Waals surface area contributed by atoms with Crippen LogP contribution in [0.3, 0.4) is 0 Å². The summed E-state index contributed by atoms with van der Waals surface area (Å²) in [7, 11) is -2.81. The van der Waals surface area contributed by atoms with Crippen LogP contribution in [0.1, 0.15) is 24.4 Å². The van der Waals surface area contributed by atoms with Crippen LogP contribution in [0.25, 0.3) is 0 Å². The highest BCUT2D eigenvalue weighted by Gasteiger charge is 2.35. The van der Waals surface area contributed by atoms with Crippen LogP contribution in [-0.4, -0.2) is 39.4 Å². The van der Waals surface area contributed by atoms with Crippen LogP contribution in [0.4, 0.5) is 14.5 Å². The maximum absolute atomic E-state index is 14.7. The highest BCUT2D eigenvalue weighted by Crippen LogP contribution is 2.33. The van der Waals surface area contributed by atoms with E-state index in [1.54, 1.807) is 17.0 Å². The van der Waals surface area contributed by atoms with Crippen molar-refractivity contribution in [3.05, 3.63) is 90.0 Å². The van der Waals surface area contributed by atoms with Gasteiger partial charge in [0.2, 0.25) is 5.91 Å². The standard InChI is InChI=1S/C25H24F2N2O4S/c1-33-20-12-14-21(15-13-20)34(31,32)29(24-6-3-2-5-22(24)27)17-25(30)28-16-4-7-23(28)18-8-10-19(26)11-9-18/h2-3,5-6,8-15,23H,4,7,16-17H2,1H3. The molecule has 4 rings (SSSR count). The van der Waals surface area contributed by atoms with Crippen LogP contribution in [0, 0.1) is 11.6 Å². The largest absolute Gasteiger partial charge is 0.497 e. The number of anilines is 1. The lowest BCUT2D eigenvalue weighted by Gasteiger charge is -2.30. The van der Waals surface area contributed by atoms with E-state index in [0.29, 0.717) is 18.7 Å². The molecule has 3 aromatic rings. The molecule has 1 heterocycles. The number of likely N-dealkylation sites (tertiary alicyclic amines) is 1. The first-order valence-electron chi connectivity index (χ1n) is 10.8. The van der Waals surface area contributed by atoms with Gasteiger partial charge in [0.1, 0.15) is 23.9 Å². The number of hydrogen-bond acceptors (Lipinski definition) is 4. The summed E-state index contributed by atoms with van der Waals surface area (Å²) in [6.07, 6.45) is 1.39. The van der Waals surface area contributed by atoms with E-state index in [2.05, 4.69) is 0 Å². The lowest BCUT2D eigenvalue weighted by Crippen LogP contribution is -2.43. The van der Waals surface area contributed by atoms with Crippen molar-refractivity contribution in [1.82, 2.24) is 4.90 Å². The summed E-state index contributed by atoms with van der Waals surface area (Å²) in [6.45, 7) is -0.151. The minimum atomic E-state index is -4.27. The zero-order valence-corrected chi connectivity index (χ0v) is 19.3. The summed E-state index contributed by atoms with van der Waals surface area (Å²) < 4.78 is 61.0. The van der Waals surface area contributed by atoms with Crippen LogP contribution in [-0.2, 0) is 14.8 Å². The van der Waals surface area contributed by atoms with Gasteiger partial charge in [0.25, 0.3) is 10.0 Å². The Labute approximate surface area is 197 Å². The summed E-state index contributed by atoms with van der Waals surface area (Å²) in [6, 6.07) is 16.7. The fourth-order valence-electron chi connectivity index (χ4n) is 4.14. The van der Waals surface area contributed by atoms with E-state index in [1.807, 2.05) is 0 Å². The first kappa shape index (κ1) is 23.7. The molecule has 1 unspecified atom stereocenters. The van der Waals surface area contributed by atoms with Gasteiger partial charge in [-0.05, 0) is 66.9 Å². The quantitative estimate of drug-likeness (QED) is 0.492. The molecule has 1 atom stereocenters. The van der Waals surface area contributed by atoms with E-state index in [0.717, 1.165) is 22.4 Å². The second-order valence-corrected chi connectivity index (χ2v) is 9.80. The number of sulfonamides is 1. The normalized spacial score (nSPS) is 15.9. The van der Waals surface area contributed by atoms with E-state index >= 15 is 0 Å². The van der Waals surface area contributed by atoms with Gasteiger partial charge in [-0.3, -0.25) is 9.10 Å². The van der Waals surface area contributed by atoms with E-state index in [9.17, 15) is 22.0 Å². The average Bonchev–Trinajstić information content (AvgIpc) is 3.33. The van der Waals surface area contributed by atoms with Crippen molar-refractivity contribution in [2.75, 3.05) is 24.5 Å². The summed E-state index contributed by atoms with van der Waals surface area (Å²) in [5.74, 6) is -1.14. The molecule has 0 spiro atoms. The van der Waals surface area contributed by atoms with Crippen molar-refractivity contribution < 1.29 is 26.7 Å². The van der Waals surface area contributed by atoms with Gasteiger partial charge >= 0.3 is 0 Å². The monoisotopic (exact) mass is 486 g/mol. The second-order valence-electron chi connectivity index (χ2n) is 7.94. The predicted molar refractivity (Wildman–Crippen MR) is 124 cm³/mol. The average molecular weight is 487 g/mol. The molecule has 3 aromatic carbocycles. The maximum Gasteiger partial charge on any atom is 0.264 e. The number of halogens is 2. The second kappa shape index (κ2) is 9.80. The smallest absolute Gasteiger partial charge is 0.264 e. The molecule has 34 heavy (non-hydrogen) atoms. The van der Waals surface area contributed by atoms with Crippen LogP contribution in [0.5, 0.6) is 5.75 Å². The number of carbonyl (C=O) groups is 1. The first-order valence-corrected chi connectivity index (χ1v) is 12.2. The van der Waals surface area contributed by atoms with Crippen LogP contribution >= 0.6 is 0 Å². The Morgan fingerprint density at radius 3 is 2.35 bits per heavy atom. The number of para-hydroxylation sites is 1. The number of benzene rings is 3. The van der Waals surface area contributed by atoms with Crippen molar-refractivity contribution >= 4 is 21.6 Å². The highest BCUT2D eigenvalue weighted by atomic mass is 32.2. The molecular weight excluding hydrogens is 462 g/mol. The van der Waals surface area contributed by atoms with Gasteiger partial charge in [0.15, 0.2) is 0 Å². The Hall–Kier alpha value is -3.46. The van der Waals surface area contributed by atoms with E-state index in [-0.39, 0.29) is 22.4 Å². The Balaban J connectivity index is 1.67. The van der Waals surface area contributed by atoms with E-state index in [4.69, 9.17) is 4.74 Å². The van der Waals surface area contributed by atoms with Gasteiger partial charge < -0.3 is 9.64 Å². The Morgan fingerprint density at radius 1 is 1.03 bits per heavy atom. The predicted octanol–water partition coefficient (Wildman–Crippen LogP) is 4.53. The molecule has 178 valence electrons. The fourth-order valence-corrected chi connectivity index (χ4v) is 5.56. The SMILES string of the molecule is COc1ccc(S(=O)(=O)N(CC(=O)N2CCCC2c2ccc(F)cc2)c2ccccc2F)cc1. The van der Waals surface area contributed by atoms with Gasteiger partial charge in [-0.25, -0.2) is 17.2 Å². The topological polar surface area (TPSA) is 66.9 Å². The minimum Gasteiger partial charge on any atom is -0.497 e. The number of ether oxygens (including phenoxy) is 1. The van der Waals surface area contributed by atoms with Crippen molar-refractivity contribution in [1.29, 1.82) is 0 Å². The lowest BCUT2D eigenvalue weighted by molar-refractivity contribution is -0.130. The minimum absolute atomic E-state index is 0.0964. The molecule has 6 nitrogen and oxygen atoms in total. The molecule has 0 saturated carbocycles. The molecule has 1 fully saturated rings. The number of amides is 1. The summed E-state index contributed by atoms with van der Waals surface area (Å²) in [4.78, 5) is 14.9. The van der Waals surface area contributed by atoms with E-state index < -0.39 is 28.3 Å². The van der Waals surface area contributed by atoms with Gasteiger partial charge in [0.05, 0.1) is 23.7 Å². The van der Waals surface area contributed by atoms with Crippen molar-refractivity contribution in [2.45, 2.75) is 23.8 Å². The van der Waals surface area contributed by atoms with Crippen molar-refractivity contribution in [2.24, 2.45) is 0 Å². The molecule has 1 saturated heterocycles. The Bertz CT molecular complexity index is 1260. The van der Waals surface area contributed by atoms with Gasteiger partial charge in [0, 0.05) is 6.54 Å². The number of rotatable bonds is 7. The number of nitrogens with zero attached hydrogens (tertiary/aromatic N) is 2. The summed E-state index contributed by atoms with van der Waals surface area (Å²) in [5.41, 5.74) is 0.548. The number of methoxy groups -OCH3 is 1. The lowest BCUT2D eigenvalue weighted by atomic mass is 10.0. The first-order chi connectivity index (χ1) is 16.3. The van der Waals surface area contributed by atoms with E-state index in [1.165, 1.54) is 61.7 Å². The molecule has 1 aliphatic rings.